The van der Waals surface area contributed by atoms with Crippen molar-refractivity contribution in [2.45, 2.75) is 13.8 Å². The number of carbonyl (C=O) groups is 2. The number of carbonyl (C=O) groups excluding carboxylic acids is 2. The third kappa shape index (κ3) is 5.18. The van der Waals surface area contributed by atoms with E-state index in [-0.39, 0.29) is 5.82 Å². The fourth-order valence-corrected chi connectivity index (χ4v) is 4.30. The van der Waals surface area contributed by atoms with Crippen LogP contribution in [0.3, 0.4) is 0 Å². The summed E-state index contributed by atoms with van der Waals surface area (Å²) in [7, 11) is 1.63. The maximum Gasteiger partial charge on any atom is 0.329 e. The van der Waals surface area contributed by atoms with E-state index >= 15 is 0 Å². The SMILES string of the molecule is COc1ccccc1N1CCN(C(=O)C(=O)N/N=C\c2cc(C)n(-c3ccc(F)cc3)c2C)CC1. The van der Waals surface area contributed by atoms with Crippen LogP contribution in [0.15, 0.2) is 59.7 Å². The Labute approximate surface area is 203 Å². The Balaban J connectivity index is 1.34. The van der Waals surface area contributed by atoms with Crippen molar-refractivity contribution in [3.63, 3.8) is 0 Å². The maximum absolute atomic E-state index is 13.3. The summed E-state index contributed by atoms with van der Waals surface area (Å²) < 4.78 is 20.7. The number of nitrogens with one attached hydrogen (secondary N) is 1. The van der Waals surface area contributed by atoms with Gasteiger partial charge in [0.2, 0.25) is 0 Å². The zero-order valence-electron chi connectivity index (χ0n) is 20.0. The van der Waals surface area contributed by atoms with Crippen molar-refractivity contribution >= 4 is 23.7 Å². The number of halogens is 1. The Morgan fingerprint density at radius 2 is 1.71 bits per heavy atom. The second-order valence-corrected chi connectivity index (χ2v) is 8.29. The van der Waals surface area contributed by atoms with Crippen LogP contribution in [0, 0.1) is 19.7 Å². The van der Waals surface area contributed by atoms with Crippen LogP contribution in [0.4, 0.5) is 10.1 Å². The predicted molar refractivity (Wildman–Crippen MR) is 133 cm³/mol. The molecule has 0 unspecified atom stereocenters. The highest BCUT2D eigenvalue weighted by atomic mass is 19.1. The molecular formula is C26H28FN5O3. The summed E-state index contributed by atoms with van der Waals surface area (Å²) in [6.45, 7) is 5.88. The van der Waals surface area contributed by atoms with Gasteiger partial charge in [-0.15, -0.1) is 0 Å². The molecule has 35 heavy (non-hydrogen) atoms. The lowest BCUT2D eigenvalue weighted by molar-refractivity contribution is -0.146. The van der Waals surface area contributed by atoms with Gasteiger partial charge < -0.3 is 19.1 Å². The zero-order valence-corrected chi connectivity index (χ0v) is 20.0. The van der Waals surface area contributed by atoms with Crippen LogP contribution in [0.2, 0.25) is 0 Å². The Hall–Kier alpha value is -4.14. The van der Waals surface area contributed by atoms with Crippen molar-refractivity contribution in [2.75, 3.05) is 38.2 Å². The van der Waals surface area contributed by atoms with Gasteiger partial charge >= 0.3 is 11.8 Å². The first kappa shape index (κ1) is 24.0. The van der Waals surface area contributed by atoms with Crippen molar-refractivity contribution in [2.24, 2.45) is 5.10 Å². The molecule has 0 atom stereocenters. The van der Waals surface area contributed by atoms with Gasteiger partial charge in [0.1, 0.15) is 11.6 Å². The molecule has 2 amide bonds. The highest BCUT2D eigenvalue weighted by Crippen LogP contribution is 2.28. The topological polar surface area (TPSA) is 79.2 Å². The molecule has 2 aromatic carbocycles. The number of para-hydroxylation sites is 2. The predicted octanol–water partition coefficient (Wildman–Crippen LogP) is 3.04. The van der Waals surface area contributed by atoms with Crippen LogP contribution in [-0.4, -0.2) is 60.8 Å². The lowest BCUT2D eigenvalue weighted by atomic mass is 10.2. The molecule has 3 aromatic rings. The van der Waals surface area contributed by atoms with Crippen molar-refractivity contribution < 1.29 is 18.7 Å². The molecule has 1 aliphatic rings. The second kappa shape index (κ2) is 10.4. The first-order chi connectivity index (χ1) is 16.9. The number of rotatable bonds is 5. The quantitative estimate of drug-likeness (QED) is 0.348. The van der Waals surface area contributed by atoms with Crippen LogP contribution in [0.1, 0.15) is 17.0 Å². The van der Waals surface area contributed by atoms with E-state index < -0.39 is 11.8 Å². The monoisotopic (exact) mass is 477 g/mol. The highest BCUT2D eigenvalue weighted by Gasteiger charge is 2.27. The van der Waals surface area contributed by atoms with Gasteiger partial charge in [0.25, 0.3) is 0 Å². The minimum absolute atomic E-state index is 0.299. The number of hydrogen-bond donors (Lipinski definition) is 1. The average Bonchev–Trinajstić information content (AvgIpc) is 3.16. The zero-order chi connectivity index (χ0) is 24.9. The molecule has 1 saturated heterocycles. The molecule has 1 aromatic heterocycles. The second-order valence-electron chi connectivity index (χ2n) is 8.29. The number of piperazine rings is 1. The number of hydrogen-bond acceptors (Lipinski definition) is 5. The molecule has 2 heterocycles. The standard InChI is InChI=1S/C26H28FN5O3/c1-18-16-20(19(2)32(18)22-10-8-21(27)9-11-22)17-28-29-25(33)26(34)31-14-12-30(13-15-31)23-6-4-5-7-24(23)35-3/h4-11,16-17H,12-15H2,1-3H3,(H,29,33)/b28-17-. The van der Waals surface area contributed by atoms with Gasteiger partial charge in [-0.25, -0.2) is 9.82 Å². The summed E-state index contributed by atoms with van der Waals surface area (Å²) in [5, 5.41) is 3.99. The Kier molecular flexibility index (Phi) is 7.14. The number of hydrazone groups is 1. The van der Waals surface area contributed by atoms with E-state index in [2.05, 4.69) is 15.4 Å². The number of ether oxygens (including phenoxy) is 1. The molecule has 8 nitrogen and oxygen atoms in total. The Morgan fingerprint density at radius 1 is 1.03 bits per heavy atom. The molecule has 182 valence electrons. The summed E-state index contributed by atoms with van der Waals surface area (Å²) >= 11 is 0. The van der Waals surface area contributed by atoms with Gasteiger partial charge in [-0.3, -0.25) is 9.59 Å². The molecule has 0 aliphatic carbocycles. The summed E-state index contributed by atoms with van der Waals surface area (Å²) in [6, 6.07) is 15.8. The third-order valence-electron chi connectivity index (χ3n) is 6.11. The molecule has 1 N–H and O–H groups in total. The minimum atomic E-state index is -0.778. The molecule has 4 rings (SSSR count). The minimum Gasteiger partial charge on any atom is -0.495 e. The summed E-state index contributed by atoms with van der Waals surface area (Å²) in [4.78, 5) is 28.7. The van der Waals surface area contributed by atoms with E-state index in [1.54, 1.807) is 19.2 Å². The molecule has 1 fully saturated rings. The van der Waals surface area contributed by atoms with E-state index in [1.807, 2.05) is 48.7 Å². The number of methoxy groups -OCH3 is 1. The van der Waals surface area contributed by atoms with Crippen LogP contribution in [-0.2, 0) is 9.59 Å². The molecule has 1 aliphatic heterocycles. The van der Waals surface area contributed by atoms with E-state index in [0.717, 1.165) is 34.1 Å². The van der Waals surface area contributed by atoms with Crippen molar-refractivity contribution in [1.82, 2.24) is 14.9 Å². The van der Waals surface area contributed by atoms with Crippen molar-refractivity contribution in [1.29, 1.82) is 0 Å². The van der Waals surface area contributed by atoms with Gasteiger partial charge in [0, 0.05) is 48.8 Å². The van der Waals surface area contributed by atoms with Gasteiger partial charge in [-0.2, -0.15) is 5.10 Å². The van der Waals surface area contributed by atoms with Gasteiger partial charge in [0.05, 0.1) is 19.0 Å². The van der Waals surface area contributed by atoms with E-state index in [0.29, 0.717) is 26.2 Å². The molecule has 0 saturated carbocycles. The number of aryl methyl sites for hydroxylation is 1. The van der Waals surface area contributed by atoms with Crippen molar-refractivity contribution in [3.8, 4) is 11.4 Å². The fraction of sp³-hybridized carbons (Fsp3) is 0.269. The molecular weight excluding hydrogens is 449 g/mol. The first-order valence-electron chi connectivity index (χ1n) is 11.3. The van der Waals surface area contributed by atoms with Crippen LogP contribution in [0.5, 0.6) is 5.75 Å². The summed E-state index contributed by atoms with van der Waals surface area (Å²) in [6.07, 6.45) is 1.51. The number of amides is 2. The number of benzene rings is 2. The molecule has 0 radical (unpaired) electrons. The van der Waals surface area contributed by atoms with E-state index in [1.165, 1.54) is 23.2 Å². The lowest BCUT2D eigenvalue weighted by Gasteiger charge is -2.36. The van der Waals surface area contributed by atoms with Crippen LogP contribution < -0.4 is 15.1 Å². The molecule has 9 heteroatoms. The van der Waals surface area contributed by atoms with Gasteiger partial charge in [-0.05, 0) is 56.3 Å². The highest BCUT2D eigenvalue weighted by molar-refractivity contribution is 6.35. The van der Waals surface area contributed by atoms with Crippen LogP contribution in [0.25, 0.3) is 5.69 Å². The van der Waals surface area contributed by atoms with E-state index in [4.69, 9.17) is 4.74 Å². The summed E-state index contributed by atoms with van der Waals surface area (Å²) in [5.41, 5.74) is 6.73. The lowest BCUT2D eigenvalue weighted by Crippen LogP contribution is -2.52. The maximum atomic E-state index is 13.3. The fourth-order valence-electron chi connectivity index (χ4n) is 4.30. The van der Waals surface area contributed by atoms with Crippen molar-refractivity contribution in [3.05, 3.63) is 77.4 Å². The number of anilines is 1. The number of aromatic nitrogens is 1. The number of nitrogens with zero attached hydrogens (tertiary/aromatic N) is 4. The van der Waals surface area contributed by atoms with Gasteiger partial charge in [0.15, 0.2) is 0 Å². The van der Waals surface area contributed by atoms with E-state index in [9.17, 15) is 14.0 Å². The summed E-state index contributed by atoms with van der Waals surface area (Å²) in [5.74, 6) is -0.914. The first-order valence-corrected chi connectivity index (χ1v) is 11.3. The molecule has 0 spiro atoms. The van der Waals surface area contributed by atoms with Gasteiger partial charge in [-0.1, -0.05) is 12.1 Å². The third-order valence-corrected chi connectivity index (χ3v) is 6.11. The Bertz CT molecular complexity index is 1240. The van der Waals surface area contributed by atoms with Crippen LogP contribution >= 0.6 is 0 Å². The smallest absolute Gasteiger partial charge is 0.329 e. The average molecular weight is 478 g/mol. The normalized spacial score (nSPS) is 13.8. The largest absolute Gasteiger partial charge is 0.495 e. The molecule has 0 bridgehead atoms. The Morgan fingerprint density at radius 3 is 2.40 bits per heavy atom.